The first-order chi connectivity index (χ1) is 14.2. The maximum Gasteiger partial charge on any atom is 0.355 e. The molecule has 0 aliphatic heterocycles. The van der Waals surface area contributed by atoms with E-state index in [0.717, 1.165) is 16.7 Å². The van der Waals surface area contributed by atoms with Gasteiger partial charge in [0.2, 0.25) is 5.91 Å². The fourth-order valence-corrected chi connectivity index (χ4v) is 2.57. The molecule has 3 rings (SSSR count). The third kappa shape index (κ3) is 6.63. The first kappa shape index (κ1) is 19.8. The summed E-state index contributed by atoms with van der Waals surface area (Å²) >= 11 is 0. The highest BCUT2D eigenvalue weighted by Crippen LogP contribution is 2.09. The number of benzene rings is 3. The number of esters is 1. The zero-order chi connectivity index (χ0) is 20.3. The quantitative estimate of drug-likeness (QED) is 0.479. The van der Waals surface area contributed by atoms with Crippen LogP contribution in [-0.2, 0) is 20.9 Å². The average Bonchev–Trinajstić information content (AvgIpc) is 2.78. The minimum atomic E-state index is -0.598. The Kier molecular flexibility index (Phi) is 7.13. The summed E-state index contributed by atoms with van der Waals surface area (Å²) < 4.78 is 5.38. The lowest BCUT2D eigenvalue weighted by atomic mass is 10.2. The first-order valence-corrected chi connectivity index (χ1v) is 9.22. The summed E-state index contributed by atoms with van der Waals surface area (Å²) in [7, 11) is 0. The van der Waals surface area contributed by atoms with Gasteiger partial charge in [-0.1, -0.05) is 91.0 Å². The van der Waals surface area contributed by atoms with Crippen molar-refractivity contribution in [2.24, 2.45) is 0 Å². The fraction of sp³-hybridized carbons (Fsp3) is 0.0400. The molecule has 3 aromatic rings. The molecule has 4 nitrogen and oxygen atoms in total. The number of rotatable bonds is 7. The molecule has 0 spiro atoms. The Hall–Kier alpha value is -3.92. The summed E-state index contributed by atoms with van der Waals surface area (Å²) in [4.78, 5) is 25.0. The van der Waals surface area contributed by atoms with Gasteiger partial charge in [-0.3, -0.25) is 4.79 Å². The molecular formula is C25H21NO3. The highest BCUT2D eigenvalue weighted by molar-refractivity contribution is 6.02. The van der Waals surface area contributed by atoms with Crippen molar-refractivity contribution < 1.29 is 14.3 Å². The summed E-state index contributed by atoms with van der Waals surface area (Å²) in [5.41, 5.74) is 2.62. The van der Waals surface area contributed by atoms with E-state index in [1.54, 1.807) is 12.2 Å². The van der Waals surface area contributed by atoms with Gasteiger partial charge >= 0.3 is 5.97 Å². The van der Waals surface area contributed by atoms with Crippen molar-refractivity contribution in [1.82, 2.24) is 5.32 Å². The van der Waals surface area contributed by atoms with Crippen molar-refractivity contribution in [2.75, 3.05) is 0 Å². The largest absolute Gasteiger partial charge is 0.456 e. The number of amides is 1. The van der Waals surface area contributed by atoms with E-state index in [0.29, 0.717) is 0 Å². The van der Waals surface area contributed by atoms with Gasteiger partial charge in [0, 0.05) is 6.08 Å². The summed E-state index contributed by atoms with van der Waals surface area (Å²) in [5.74, 6) is -1.01. The van der Waals surface area contributed by atoms with E-state index >= 15 is 0 Å². The summed E-state index contributed by atoms with van der Waals surface area (Å²) in [6.45, 7) is 0.127. The number of ether oxygens (including phenoxy) is 1. The van der Waals surface area contributed by atoms with Crippen molar-refractivity contribution in [3.05, 3.63) is 119 Å². The van der Waals surface area contributed by atoms with E-state index in [9.17, 15) is 9.59 Å². The lowest BCUT2D eigenvalue weighted by molar-refractivity contribution is -0.141. The third-order valence-electron chi connectivity index (χ3n) is 4.03. The van der Waals surface area contributed by atoms with Crippen molar-refractivity contribution in [3.63, 3.8) is 0 Å². The molecule has 1 amide bonds. The van der Waals surface area contributed by atoms with Crippen molar-refractivity contribution in [3.8, 4) is 0 Å². The molecule has 0 fully saturated rings. The number of carbonyl (C=O) groups excluding carboxylic acids is 2. The second-order valence-corrected chi connectivity index (χ2v) is 6.26. The third-order valence-corrected chi connectivity index (χ3v) is 4.03. The van der Waals surface area contributed by atoms with Crippen LogP contribution in [0.3, 0.4) is 0 Å². The average molecular weight is 383 g/mol. The molecule has 0 aliphatic carbocycles. The second-order valence-electron chi connectivity index (χ2n) is 6.26. The van der Waals surface area contributed by atoms with Crippen LogP contribution < -0.4 is 5.32 Å². The van der Waals surface area contributed by atoms with E-state index in [1.165, 1.54) is 6.08 Å². The van der Waals surface area contributed by atoms with Crippen molar-refractivity contribution in [1.29, 1.82) is 0 Å². The minimum Gasteiger partial charge on any atom is -0.456 e. The minimum absolute atomic E-state index is 0.0786. The summed E-state index contributed by atoms with van der Waals surface area (Å²) in [6, 6.07) is 28.1. The van der Waals surface area contributed by atoms with E-state index in [2.05, 4.69) is 5.32 Å². The van der Waals surface area contributed by atoms with Crippen LogP contribution in [0.4, 0.5) is 0 Å². The van der Waals surface area contributed by atoms with Crippen LogP contribution in [0.2, 0.25) is 0 Å². The van der Waals surface area contributed by atoms with Gasteiger partial charge in [0.1, 0.15) is 12.3 Å². The van der Waals surface area contributed by atoms with Gasteiger partial charge in [0.15, 0.2) is 0 Å². The molecule has 0 unspecified atom stereocenters. The molecule has 0 bridgehead atoms. The van der Waals surface area contributed by atoms with E-state index in [-0.39, 0.29) is 12.3 Å². The Balaban J connectivity index is 1.72. The maximum absolute atomic E-state index is 12.6. The number of hydrogen-bond donors (Lipinski definition) is 1. The van der Waals surface area contributed by atoms with Crippen LogP contribution in [0, 0.1) is 0 Å². The molecule has 0 saturated heterocycles. The van der Waals surface area contributed by atoms with Crippen LogP contribution in [0.1, 0.15) is 16.7 Å². The molecule has 144 valence electrons. The Morgan fingerprint density at radius 3 is 1.93 bits per heavy atom. The van der Waals surface area contributed by atoms with Crippen molar-refractivity contribution >= 4 is 24.0 Å². The van der Waals surface area contributed by atoms with Crippen LogP contribution in [0.5, 0.6) is 0 Å². The summed E-state index contributed by atoms with van der Waals surface area (Å²) in [6.07, 6.45) is 4.67. The highest BCUT2D eigenvalue weighted by atomic mass is 16.5. The normalized spacial score (nSPS) is 11.2. The molecule has 0 saturated carbocycles. The van der Waals surface area contributed by atoms with Gasteiger partial charge in [-0.05, 0) is 28.8 Å². The van der Waals surface area contributed by atoms with Gasteiger partial charge in [-0.25, -0.2) is 4.79 Å². The number of nitrogens with one attached hydrogen (secondary N) is 1. The lowest BCUT2D eigenvalue weighted by Gasteiger charge is -2.09. The Morgan fingerprint density at radius 2 is 1.31 bits per heavy atom. The topological polar surface area (TPSA) is 55.4 Å². The van der Waals surface area contributed by atoms with Gasteiger partial charge in [0.05, 0.1) is 0 Å². The van der Waals surface area contributed by atoms with Gasteiger partial charge in [0.25, 0.3) is 0 Å². The van der Waals surface area contributed by atoms with Crippen LogP contribution >= 0.6 is 0 Å². The number of hydrogen-bond acceptors (Lipinski definition) is 3. The maximum atomic E-state index is 12.6. The predicted octanol–water partition coefficient (Wildman–Crippen LogP) is 4.60. The second kappa shape index (κ2) is 10.4. The highest BCUT2D eigenvalue weighted by Gasteiger charge is 2.14. The Bertz CT molecular complexity index is 994. The zero-order valence-electron chi connectivity index (χ0n) is 15.8. The Morgan fingerprint density at radius 1 is 0.759 bits per heavy atom. The molecule has 0 heterocycles. The predicted molar refractivity (Wildman–Crippen MR) is 114 cm³/mol. The molecule has 0 radical (unpaired) electrons. The van der Waals surface area contributed by atoms with Crippen LogP contribution in [0.25, 0.3) is 12.2 Å². The first-order valence-electron chi connectivity index (χ1n) is 9.22. The smallest absolute Gasteiger partial charge is 0.355 e. The van der Waals surface area contributed by atoms with Crippen LogP contribution in [-0.4, -0.2) is 11.9 Å². The van der Waals surface area contributed by atoms with Crippen molar-refractivity contribution in [2.45, 2.75) is 6.61 Å². The van der Waals surface area contributed by atoms with Gasteiger partial charge in [-0.15, -0.1) is 0 Å². The molecule has 0 aliphatic rings. The lowest BCUT2D eigenvalue weighted by Crippen LogP contribution is -2.27. The Labute approximate surface area is 170 Å². The monoisotopic (exact) mass is 383 g/mol. The molecule has 4 heteroatoms. The SMILES string of the molecule is O=C(/C=C/c1ccccc1)N/C(=C/c1ccccc1)C(=O)OCc1ccccc1. The number of carbonyl (C=O) groups is 2. The van der Waals surface area contributed by atoms with Gasteiger partial charge < -0.3 is 10.1 Å². The fourth-order valence-electron chi connectivity index (χ4n) is 2.57. The molecular weight excluding hydrogens is 362 g/mol. The van der Waals surface area contributed by atoms with E-state index < -0.39 is 11.9 Å². The molecule has 0 atom stereocenters. The summed E-state index contributed by atoms with van der Waals surface area (Å²) in [5, 5.41) is 2.63. The van der Waals surface area contributed by atoms with Gasteiger partial charge in [-0.2, -0.15) is 0 Å². The molecule has 1 N–H and O–H groups in total. The zero-order valence-corrected chi connectivity index (χ0v) is 15.8. The molecule has 0 aromatic heterocycles. The molecule has 29 heavy (non-hydrogen) atoms. The standard InChI is InChI=1S/C25H21NO3/c27-24(17-16-20-10-4-1-5-11-20)26-23(18-21-12-6-2-7-13-21)25(28)29-19-22-14-8-3-9-15-22/h1-18H,19H2,(H,26,27)/b17-16+,23-18+. The molecule has 3 aromatic carbocycles. The van der Waals surface area contributed by atoms with E-state index in [4.69, 9.17) is 4.74 Å². The van der Waals surface area contributed by atoms with Crippen LogP contribution in [0.15, 0.2) is 103 Å². The van der Waals surface area contributed by atoms with E-state index in [1.807, 2.05) is 91.0 Å².